The van der Waals surface area contributed by atoms with Crippen LogP contribution in [-0.2, 0) is 12.1 Å². The van der Waals surface area contributed by atoms with E-state index in [1.54, 1.807) is 31.2 Å². The summed E-state index contributed by atoms with van der Waals surface area (Å²) in [6.07, 6.45) is -4.47. The smallest absolute Gasteiger partial charge is 0.282 e. The van der Waals surface area contributed by atoms with Gasteiger partial charge in [0.25, 0.3) is 0 Å². The molecule has 2 aromatic rings. The third-order valence-electron chi connectivity index (χ3n) is 2.61. The Morgan fingerprint density at radius 1 is 1.22 bits per heavy atom. The second-order valence-corrected chi connectivity index (χ2v) is 4.17. The van der Waals surface area contributed by atoms with Crippen LogP contribution in [0.1, 0.15) is 17.0 Å². The first-order chi connectivity index (χ1) is 8.43. The molecule has 0 aliphatic rings. The van der Waals surface area contributed by atoms with Gasteiger partial charge >= 0.3 is 6.18 Å². The molecule has 1 heterocycles. The lowest BCUT2D eigenvalue weighted by Gasteiger charge is -2.07. The number of rotatable bonds is 2. The minimum absolute atomic E-state index is 0.0867. The van der Waals surface area contributed by atoms with E-state index in [9.17, 15) is 13.2 Å². The van der Waals surface area contributed by atoms with Crippen LogP contribution in [0, 0.1) is 6.92 Å². The van der Waals surface area contributed by atoms with E-state index in [0.29, 0.717) is 17.1 Å². The molecule has 0 atom stereocenters. The molecule has 0 radical (unpaired) electrons. The molecule has 1 aromatic carbocycles. The third kappa shape index (κ3) is 2.36. The largest absolute Gasteiger partial charge is 0.435 e. The van der Waals surface area contributed by atoms with Gasteiger partial charge in [-0.2, -0.15) is 18.3 Å². The van der Waals surface area contributed by atoms with E-state index in [2.05, 4.69) is 10.2 Å². The molecule has 0 saturated carbocycles. The van der Waals surface area contributed by atoms with E-state index >= 15 is 0 Å². The van der Waals surface area contributed by atoms with Crippen LogP contribution in [0.5, 0.6) is 0 Å². The molecule has 6 heteroatoms. The van der Waals surface area contributed by atoms with Gasteiger partial charge in [0, 0.05) is 17.1 Å². The topological polar surface area (TPSA) is 28.7 Å². The van der Waals surface area contributed by atoms with Crippen molar-refractivity contribution >= 4 is 11.6 Å². The van der Waals surface area contributed by atoms with Crippen LogP contribution in [0.4, 0.5) is 13.2 Å². The van der Waals surface area contributed by atoms with Gasteiger partial charge in [0.05, 0.1) is 0 Å². The van der Waals surface area contributed by atoms with Gasteiger partial charge in [-0.15, -0.1) is 11.6 Å². The fourth-order valence-corrected chi connectivity index (χ4v) is 1.93. The Kier molecular flexibility index (Phi) is 3.34. The quantitative estimate of drug-likeness (QED) is 0.819. The van der Waals surface area contributed by atoms with Gasteiger partial charge in [0.1, 0.15) is 0 Å². The summed E-state index contributed by atoms with van der Waals surface area (Å²) in [6.45, 7) is 1.56. The summed E-state index contributed by atoms with van der Waals surface area (Å²) in [5.74, 6) is 0.330. The van der Waals surface area contributed by atoms with Crippen LogP contribution in [-0.4, -0.2) is 10.2 Å². The molecule has 1 N–H and O–H groups in total. The Balaban J connectivity index is 2.52. The molecule has 96 valence electrons. The Labute approximate surface area is 107 Å². The second-order valence-electron chi connectivity index (χ2n) is 3.90. The number of nitrogens with one attached hydrogen (secondary N) is 1. The van der Waals surface area contributed by atoms with Crippen LogP contribution in [0.3, 0.4) is 0 Å². The summed E-state index contributed by atoms with van der Waals surface area (Å²) >= 11 is 5.64. The summed E-state index contributed by atoms with van der Waals surface area (Å²) in [4.78, 5) is 0. The second kappa shape index (κ2) is 4.65. The highest BCUT2D eigenvalue weighted by Gasteiger charge is 2.37. The van der Waals surface area contributed by atoms with Crippen molar-refractivity contribution < 1.29 is 13.2 Å². The van der Waals surface area contributed by atoms with Crippen molar-refractivity contribution in [1.82, 2.24) is 10.2 Å². The van der Waals surface area contributed by atoms with Gasteiger partial charge in [-0.25, -0.2) is 0 Å². The molecule has 0 fully saturated rings. The Morgan fingerprint density at radius 3 is 2.33 bits per heavy atom. The number of benzene rings is 1. The third-order valence-corrected chi connectivity index (χ3v) is 2.92. The lowest BCUT2D eigenvalue weighted by molar-refractivity contribution is -0.140. The first-order valence-corrected chi connectivity index (χ1v) is 5.74. The van der Waals surface area contributed by atoms with Crippen LogP contribution < -0.4 is 0 Å². The maximum Gasteiger partial charge on any atom is 0.435 e. The highest BCUT2D eigenvalue weighted by atomic mass is 35.5. The molecule has 1 aromatic heterocycles. The zero-order chi connectivity index (χ0) is 13.3. The van der Waals surface area contributed by atoms with Gasteiger partial charge in [-0.1, -0.05) is 24.3 Å². The number of halogens is 4. The molecule has 2 nitrogen and oxygen atoms in total. The summed E-state index contributed by atoms with van der Waals surface area (Å²) in [7, 11) is 0. The van der Waals surface area contributed by atoms with Crippen molar-refractivity contribution in [3.8, 4) is 11.1 Å². The van der Waals surface area contributed by atoms with E-state index in [0.717, 1.165) is 5.56 Å². The highest BCUT2D eigenvalue weighted by molar-refractivity contribution is 6.17. The summed E-state index contributed by atoms with van der Waals surface area (Å²) in [5, 5.41) is 5.70. The average Bonchev–Trinajstić information content (AvgIpc) is 2.71. The molecule has 18 heavy (non-hydrogen) atoms. The van der Waals surface area contributed by atoms with Crippen molar-refractivity contribution in [2.45, 2.75) is 19.0 Å². The lowest BCUT2D eigenvalue weighted by atomic mass is 10.0. The van der Waals surface area contributed by atoms with Crippen molar-refractivity contribution in [3.05, 3.63) is 41.2 Å². The maximum absolute atomic E-state index is 12.8. The Morgan fingerprint density at radius 2 is 1.83 bits per heavy atom. The van der Waals surface area contributed by atoms with Crippen LogP contribution in [0.2, 0.25) is 0 Å². The summed E-state index contributed by atoms with van der Waals surface area (Å²) < 4.78 is 38.4. The average molecular weight is 275 g/mol. The summed E-state index contributed by atoms with van der Waals surface area (Å²) in [5.41, 5.74) is 0.917. The molecular weight excluding hydrogens is 265 g/mol. The van der Waals surface area contributed by atoms with Gasteiger partial charge in [-0.05, 0) is 18.1 Å². The maximum atomic E-state index is 12.8. The lowest BCUT2D eigenvalue weighted by Crippen LogP contribution is -2.07. The minimum atomic E-state index is -4.47. The fraction of sp³-hybridized carbons (Fsp3) is 0.250. The standard InChI is InChI=1S/C12H10ClF3N2/c1-7-10(11(18-17-7)12(14,15)16)9-4-2-8(6-13)3-5-9/h2-5H,6H2,1H3,(H,17,18). The van der Waals surface area contributed by atoms with Crippen molar-refractivity contribution in [2.24, 2.45) is 0 Å². The Bertz CT molecular complexity index is 543. The first kappa shape index (κ1) is 13.0. The van der Waals surface area contributed by atoms with E-state index in [1.807, 2.05) is 0 Å². The van der Waals surface area contributed by atoms with Crippen LogP contribution in [0.15, 0.2) is 24.3 Å². The van der Waals surface area contributed by atoms with E-state index in [-0.39, 0.29) is 5.56 Å². The molecule has 0 saturated heterocycles. The number of aromatic amines is 1. The molecule has 0 unspecified atom stereocenters. The van der Waals surface area contributed by atoms with Crippen molar-refractivity contribution in [1.29, 1.82) is 0 Å². The molecule has 0 bridgehead atoms. The van der Waals surface area contributed by atoms with Crippen molar-refractivity contribution in [3.63, 3.8) is 0 Å². The van der Waals surface area contributed by atoms with E-state index in [4.69, 9.17) is 11.6 Å². The fourth-order valence-electron chi connectivity index (χ4n) is 1.75. The van der Waals surface area contributed by atoms with Gasteiger partial charge < -0.3 is 0 Å². The summed E-state index contributed by atoms with van der Waals surface area (Å²) in [6, 6.07) is 6.64. The van der Waals surface area contributed by atoms with Gasteiger partial charge in [0.15, 0.2) is 5.69 Å². The number of aryl methyl sites for hydroxylation is 1. The van der Waals surface area contributed by atoms with Gasteiger partial charge in [-0.3, -0.25) is 5.10 Å². The number of hydrogen-bond donors (Lipinski definition) is 1. The number of aromatic nitrogens is 2. The van der Waals surface area contributed by atoms with Crippen LogP contribution >= 0.6 is 11.6 Å². The normalized spacial score (nSPS) is 11.8. The molecule has 0 aliphatic carbocycles. The number of H-pyrrole nitrogens is 1. The first-order valence-electron chi connectivity index (χ1n) is 5.21. The van der Waals surface area contributed by atoms with Crippen LogP contribution in [0.25, 0.3) is 11.1 Å². The SMILES string of the molecule is Cc1[nH]nc(C(F)(F)F)c1-c1ccc(CCl)cc1. The molecule has 0 amide bonds. The number of alkyl halides is 4. The zero-order valence-electron chi connectivity index (χ0n) is 9.48. The van der Waals surface area contributed by atoms with Gasteiger partial charge in [0.2, 0.25) is 0 Å². The molecule has 2 rings (SSSR count). The predicted molar refractivity (Wildman–Crippen MR) is 63.3 cm³/mol. The van der Waals surface area contributed by atoms with E-state index < -0.39 is 11.9 Å². The monoisotopic (exact) mass is 274 g/mol. The molecule has 0 aliphatic heterocycles. The minimum Gasteiger partial charge on any atom is -0.282 e. The molecule has 0 spiro atoms. The molecular formula is C12H10ClF3N2. The highest BCUT2D eigenvalue weighted by Crippen LogP contribution is 2.37. The predicted octanol–water partition coefficient (Wildman–Crippen LogP) is 4.14. The Hall–Kier alpha value is -1.49. The zero-order valence-corrected chi connectivity index (χ0v) is 10.2. The number of hydrogen-bond acceptors (Lipinski definition) is 1. The van der Waals surface area contributed by atoms with Crippen molar-refractivity contribution in [2.75, 3.05) is 0 Å². The van der Waals surface area contributed by atoms with E-state index in [1.165, 1.54) is 0 Å². The number of nitrogens with zero attached hydrogens (tertiary/aromatic N) is 1.